The third-order valence-corrected chi connectivity index (χ3v) is 4.14. The summed E-state index contributed by atoms with van der Waals surface area (Å²) in [5.74, 6) is 1.65. The van der Waals surface area contributed by atoms with Crippen LogP contribution in [0, 0.1) is 20.8 Å². The fourth-order valence-electron chi connectivity index (χ4n) is 2.71. The van der Waals surface area contributed by atoms with Crippen LogP contribution in [0.25, 0.3) is 0 Å². The zero-order valence-electron chi connectivity index (χ0n) is 13.8. The number of rotatable bonds is 2. The summed E-state index contributed by atoms with van der Waals surface area (Å²) in [4.78, 5) is 16.4. The molecular formula is C17H22N4O2. The zero-order chi connectivity index (χ0) is 16.4. The molecule has 122 valence electrons. The van der Waals surface area contributed by atoms with Crippen LogP contribution in [0.5, 0.6) is 0 Å². The second-order valence-corrected chi connectivity index (χ2v) is 6.02. The first-order valence-electron chi connectivity index (χ1n) is 7.84. The molecule has 1 aromatic carbocycles. The topological polar surface area (TPSA) is 61.6 Å². The monoisotopic (exact) mass is 314 g/mol. The first-order chi connectivity index (χ1) is 11.0. The standard InChI is InChI=1S/C17H22N4O2/c1-12-4-5-13(2)15(10-12)18-17(22)21-8-6-20(7-9-21)16-11-14(3)23-19-16/h4-5,10-11H,6-9H2,1-3H3,(H,18,22). The number of carbonyl (C=O) groups is 1. The lowest BCUT2D eigenvalue weighted by atomic mass is 10.1. The first kappa shape index (κ1) is 15.4. The Morgan fingerprint density at radius 1 is 1.13 bits per heavy atom. The number of aryl methyl sites for hydroxylation is 3. The molecule has 0 atom stereocenters. The van der Waals surface area contributed by atoms with Crippen LogP contribution in [0.3, 0.4) is 0 Å². The minimum absolute atomic E-state index is 0.0466. The second-order valence-electron chi connectivity index (χ2n) is 6.02. The molecule has 1 fully saturated rings. The maximum Gasteiger partial charge on any atom is 0.321 e. The minimum atomic E-state index is -0.0466. The van der Waals surface area contributed by atoms with Gasteiger partial charge in [0.15, 0.2) is 5.82 Å². The molecule has 2 heterocycles. The van der Waals surface area contributed by atoms with Gasteiger partial charge in [-0.1, -0.05) is 17.3 Å². The van der Waals surface area contributed by atoms with Crippen molar-refractivity contribution < 1.29 is 9.32 Å². The Kier molecular flexibility index (Phi) is 4.23. The number of piperazine rings is 1. The molecule has 0 saturated carbocycles. The van der Waals surface area contributed by atoms with Gasteiger partial charge in [-0.3, -0.25) is 0 Å². The lowest BCUT2D eigenvalue weighted by molar-refractivity contribution is 0.208. The van der Waals surface area contributed by atoms with Crippen LogP contribution in [0.1, 0.15) is 16.9 Å². The van der Waals surface area contributed by atoms with E-state index in [0.717, 1.165) is 41.5 Å². The van der Waals surface area contributed by atoms with Gasteiger partial charge in [-0.15, -0.1) is 0 Å². The van der Waals surface area contributed by atoms with Gasteiger partial charge in [-0.2, -0.15) is 0 Å². The van der Waals surface area contributed by atoms with Gasteiger partial charge in [-0.25, -0.2) is 4.79 Å². The number of anilines is 2. The van der Waals surface area contributed by atoms with Gasteiger partial charge >= 0.3 is 6.03 Å². The van der Waals surface area contributed by atoms with Crippen molar-refractivity contribution in [3.8, 4) is 0 Å². The number of urea groups is 1. The highest BCUT2D eigenvalue weighted by Gasteiger charge is 2.23. The minimum Gasteiger partial charge on any atom is -0.360 e. The number of amides is 2. The SMILES string of the molecule is Cc1ccc(C)c(NC(=O)N2CCN(c3cc(C)on3)CC2)c1. The maximum atomic E-state index is 12.4. The molecule has 0 aliphatic carbocycles. The molecule has 6 nitrogen and oxygen atoms in total. The van der Waals surface area contributed by atoms with Crippen LogP contribution in [0.4, 0.5) is 16.3 Å². The van der Waals surface area contributed by atoms with E-state index in [1.165, 1.54) is 0 Å². The third-order valence-electron chi connectivity index (χ3n) is 4.14. The van der Waals surface area contributed by atoms with Crippen LogP contribution >= 0.6 is 0 Å². The largest absolute Gasteiger partial charge is 0.360 e. The number of aromatic nitrogens is 1. The van der Waals surface area contributed by atoms with Gasteiger partial charge in [0.1, 0.15) is 5.76 Å². The van der Waals surface area contributed by atoms with Crippen LogP contribution < -0.4 is 10.2 Å². The van der Waals surface area contributed by atoms with Crippen LogP contribution in [0.2, 0.25) is 0 Å². The predicted molar refractivity (Wildman–Crippen MR) is 90.0 cm³/mol. The van der Waals surface area contributed by atoms with Crippen molar-refractivity contribution in [1.29, 1.82) is 0 Å². The molecule has 0 unspecified atom stereocenters. The fourth-order valence-corrected chi connectivity index (χ4v) is 2.71. The van der Waals surface area contributed by atoms with Crippen LogP contribution in [-0.4, -0.2) is 42.3 Å². The molecule has 1 aliphatic rings. The van der Waals surface area contributed by atoms with E-state index < -0.39 is 0 Å². The van der Waals surface area contributed by atoms with Crippen LogP contribution in [-0.2, 0) is 0 Å². The van der Waals surface area contributed by atoms with Gasteiger partial charge in [-0.05, 0) is 38.0 Å². The Labute approximate surface area is 136 Å². The molecule has 0 radical (unpaired) electrons. The average Bonchev–Trinajstić information content (AvgIpc) is 2.97. The molecular weight excluding hydrogens is 292 g/mol. The smallest absolute Gasteiger partial charge is 0.321 e. The zero-order valence-corrected chi connectivity index (χ0v) is 13.8. The van der Waals surface area contributed by atoms with Crippen molar-refractivity contribution in [2.24, 2.45) is 0 Å². The molecule has 0 spiro atoms. The van der Waals surface area contributed by atoms with E-state index in [0.29, 0.717) is 13.1 Å². The molecule has 23 heavy (non-hydrogen) atoms. The highest BCUT2D eigenvalue weighted by atomic mass is 16.5. The summed E-state index contributed by atoms with van der Waals surface area (Å²) in [6, 6.07) is 7.95. The number of hydrogen-bond donors (Lipinski definition) is 1. The fraction of sp³-hybridized carbons (Fsp3) is 0.412. The lowest BCUT2D eigenvalue weighted by Crippen LogP contribution is -2.50. The highest BCUT2D eigenvalue weighted by molar-refractivity contribution is 5.90. The number of nitrogens with zero attached hydrogens (tertiary/aromatic N) is 3. The Balaban J connectivity index is 1.59. The molecule has 1 aliphatic heterocycles. The van der Waals surface area contributed by atoms with Crippen molar-refractivity contribution in [2.45, 2.75) is 20.8 Å². The molecule has 1 aromatic heterocycles. The van der Waals surface area contributed by atoms with E-state index in [1.54, 1.807) is 0 Å². The van der Waals surface area contributed by atoms with E-state index >= 15 is 0 Å². The van der Waals surface area contributed by atoms with Gasteiger partial charge in [0, 0.05) is 37.9 Å². The maximum absolute atomic E-state index is 12.4. The third kappa shape index (κ3) is 3.47. The van der Waals surface area contributed by atoms with Crippen molar-refractivity contribution >= 4 is 17.5 Å². The number of carbonyl (C=O) groups excluding carboxylic acids is 1. The molecule has 2 aromatic rings. The second kappa shape index (κ2) is 6.32. The van der Waals surface area contributed by atoms with Gasteiger partial charge < -0.3 is 19.6 Å². The van der Waals surface area contributed by atoms with Crippen molar-refractivity contribution in [3.63, 3.8) is 0 Å². The predicted octanol–water partition coefficient (Wildman–Crippen LogP) is 2.95. The van der Waals surface area contributed by atoms with E-state index in [2.05, 4.69) is 15.4 Å². The quantitative estimate of drug-likeness (QED) is 0.926. The summed E-state index contributed by atoms with van der Waals surface area (Å²) in [5.41, 5.74) is 3.09. The summed E-state index contributed by atoms with van der Waals surface area (Å²) in [7, 11) is 0. The molecule has 1 saturated heterocycles. The van der Waals surface area contributed by atoms with Crippen molar-refractivity contribution in [2.75, 3.05) is 36.4 Å². The Hall–Kier alpha value is -2.50. The number of hydrogen-bond acceptors (Lipinski definition) is 4. The Morgan fingerprint density at radius 3 is 2.52 bits per heavy atom. The number of benzene rings is 1. The summed E-state index contributed by atoms with van der Waals surface area (Å²) < 4.78 is 5.11. The Morgan fingerprint density at radius 2 is 1.87 bits per heavy atom. The van der Waals surface area contributed by atoms with Gasteiger partial charge in [0.05, 0.1) is 0 Å². The van der Waals surface area contributed by atoms with Crippen molar-refractivity contribution in [3.05, 3.63) is 41.2 Å². The average molecular weight is 314 g/mol. The van der Waals surface area contributed by atoms with Crippen molar-refractivity contribution in [1.82, 2.24) is 10.1 Å². The molecule has 6 heteroatoms. The van der Waals surface area contributed by atoms with E-state index in [4.69, 9.17) is 4.52 Å². The first-order valence-corrected chi connectivity index (χ1v) is 7.84. The Bertz CT molecular complexity index is 702. The summed E-state index contributed by atoms with van der Waals surface area (Å²) in [6.07, 6.45) is 0. The molecule has 1 N–H and O–H groups in total. The van der Waals surface area contributed by atoms with Crippen LogP contribution in [0.15, 0.2) is 28.8 Å². The van der Waals surface area contributed by atoms with E-state index in [1.807, 2.05) is 49.9 Å². The van der Waals surface area contributed by atoms with E-state index in [-0.39, 0.29) is 6.03 Å². The number of nitrogens with one attached hydrogen (secondary N) is 1. The summed E-state index contributed by atoms with van der Waals surface area (Å²) in [6.45, 7) is 8.75. The normalized spacial score (nSPS) is 14.9. The lowest BCUT2D eigenvalue weighted by Gasteiger charge is -2.34. The molecule has 2 amide bonds. The van der Waals surface area contributed by atoms with E-state index in [9.17, 15) is 4.79 Å². The summed E-state index contributed by atoms with van der Waals surface area (Å²) in [5, 5.41) is 7.04. The van der Waals surface area contributed by atoms with Gasteiger partial charge in [0.25, 0.3) is 0 Å². The summed E-state index contributed by atoms with van der Waals surface area (Å²) >= 11 is 0. The molecule has 0 bridgehead atoms. The molecule has 3 rings (SSSR count). The highest BCUT2D eigenvalue weighted by Crippen LogP contribution is 2.19. The van der Waals surface area contributed by atoms with Gasteiger partial charge in [0.2, 0.25) is 0 Å².